The number of carbonyl (C=O) groups is 1. The van der Waals surface area contributed by atoms with Gasteiger partial charge in [0.1, 0.15) is 5.78 Å². The lowest BCUT2D eigenvalue weighted by Gasteiger charge is -2.33. The minimum atomic E-state index is -0.272. The SMILES string of the molecule is C=C[C@@]1(C)CC[C@H](C(=C)C)CC1=O. The van der Waals surface area contributed by atoms with Gasteiger partial charge in [-0.25, -0.2) is 0 Å². The van der Waals surface area contributed by atoms with Crippen LogP contribution in [0.4, 0.5) is 0 Å². The lowest BCUT2D eigenvalue weighted by atomic mass is 9.69. The molecule has 0 bridgehead atoms. The summed E-state index contributed by atoms with van der Waals surface area (Å²) in [6.07, 6.45) is 4.44. The van der Waals surface area contributed by atoms with E-state index < -0.39 is 0 Å². The van der Waals surface area contributed by atoms with Gasteiger partial charge in [-0.05, 0) is 32.6 Å². The maximum atomic E-state index is 11.7. The second-order valence-corrected chi connectivity index (χ2v) is 4.33. The molecular weight excluding hydrogens is 160 g/mol. The third-order valence-electron chi connectivity index (χ3n) is 3.23. The average Bonchev–Trinajstić information content (AvgIpc) is 2.09. The summed E-state index contributed by atoms with van der Waals surface area (Å²) >= 11 is 0. The lowest BCUT2D eigenvalue weighted by Crippen LogP contribution is -2.33. The van der Waals surface area contributed by atoms with E-state index in [0.29, 0.717) is 18.1 Å². The minimum absolute atomic E-state index is 0.272. The first-order chi connectivity index (χ1) is 5.99. The fourth-order valence-electron chi connectivity index (χ4n) is 1.81. The van der Waals surface area contributed by atoms with Gasteiger partial charge in [0.2, 0.25) is 0 Å². The maximum absolute atomic E-state index is 11.7. The van der Waals surface area contributed by atoms with Gasteiger partial charge in [-0.3, -0.25) is 4.79 Å². The average molecular weight is 178 g/mol. The van der Waals surface area contributed by atoms with Crippen molar-refractivity contribution in [1.29, 1.82) is 0 Å². The van der Waals surface area contributed by atoms with Crippen molar-refractivity contribution in [2.75, 3.05) is 0 Å². The Morgan fingerprint density at radius 2 is 2.31 bits per heavy atom. The van der Waals surface area contributed by atoms with E-state index in [0.717, 1.165) is 18.4 Å². The van der Waals surface area contributed by atoms with E-state index in [-0.39, 0.29) is 5.41 Å². The van der Waals surface area contributed by atoms with Gasteiger partial charge in [-0.15, -0.1) is 6.58 Å². The van der Waals surface area contributed by atoms with E-state index in [1.807, 2.05) is 13.8 Å². The number of allylic oxidation sites excluding steroid dienone is 2. The number of rotatable bonds is 2. The number of ketones is 1. The zero-order valence-corrected chi connectivity index (χ0v) is 8.60. The van der Waals surface area contributed by atoms with Crippen LogP contribution in [0.3, 0.4) is 0 Å². The van der Waals surface area contributed by atoms with Gasteiger partial charge in [-0.1, -0.05) is 18.2 Å². The van der Waals surface area contributed by atoms with Crippen LogP contribution in [0.2, 0.25) is 0 Å². The standard InChI is InChI=1S/C12H18O/c1-5-12(4)7-6-10(9(2)3)8-11(12)13/h5,10H,1-2,6-8H2,3-4H3/t10-,12-/m0/s1. The van der Waals surface area contributed by atoms with Gasteiger partial charge in [-0.2, -0.15) is 0 Å². The Bertz CT molecular complexity index is 252. The van der Waals surface area contributed by atoms with Crippen molar-refractivity contribution in [3.8, 4) is 0 Å². The smallest absolute Gasteiger partial charge is 0.143 e. The third-order valence-corrected chi connectivity index (χ3v) is 3.23. The molecule has 0 unspecified atom stereocenters. The molecule has 1 nitrogen and oxygen atoms in total. The number of hydrogen-bond donors (Lipinski definition) is 0. The normalized spacial score (nSPS) is 34.3. The summed E-state index contributed by atoms with van der Waals surface area (Å²) in [7, 11) is 0. The Kier molecular flexibility index (Phi) is 2.74. The Hall–Kier alpha value is -0.850. The summed E-state index contributed by atoms with van der Waals surface area (Å²) in [6, 6.07) is 0. The molecule has 0 spiro atoms. The van der Waals surface area contributed by atoms with Crippen LogP contribution in [0.1, 0.15) is 33.1 Å². The largest absolute Gasteiger partial charge is 0.299 e. The summed E-state index contributed by atoms with van der Waals surface area (Å²) in [5.41, 5.74) is 0.867. The molecule has 0 radical (unpaired) electrons. The van der Waals surface area contributed by atoms with Gasteiger partial charge >= 0.3 is 0 Å². The maximum Gasteiger partial charge on any atom is 0.143 e. The molecule has 1 saturated carbocycles. The van der Waals surface area contributed by atoms with Gasteiger partial charge in [0, 0.05) is 11.8 Å². The molecule has 1 aliphatic carbocycles. The molecule has 0 aromatic carbocycles. The van der Waals surface area contributed by atoms with Crippen molar-refractivity contribution in [1.82, 2.24) is 0 Å². The molecule has 1 fully saturated rings. The molecule has 0 heterocycles. The number of carbonyl (C=O) groups excluding carboxylic acids is 1. The second kappa shape index (κ2) is 3.49. The van der Waals surface area contributed by atoms with Crippen LogP contribution in [0.15, 0.2) is 24.8 Å². The molecule has 0 N–H and O–H groups in total. The highest BCUT2D eigenvalue weighted by atomic mass is 16.1. The first-order valence-electron chi connectivity index (χ1n) is 4.82. The predicted octanol–water partition coefficient (Wildman–Crippen LogP) is 3.12. The van der Waals surface area contributed by atoms with Crippen LogP contribution in [-0.4, -0.2) is 5.78 Å². The molecule has 0 aromatic heterocycles. The van der Waals surface area contributed by atoms with Gasteiger partial charge in [0.05, 0.1) is 0 Å². The van der Waals surface area contributed by atoms with Crippen molar-refractivity contribution in [2.45, 2.75) is 33.1 Å². The Morgan fingerprint density at radius 1 is 1.69 bits per heavy atom. The van der Waals surface area contributed by atoms with E-state index >= 15 is 0 Å². The summed E-state index contributed by atoms with van der Waals surface area (Å²) in [5.74, 6) is 0.724. The molecular formula is C12H18O. The summed E-state index contributed by atoms with van der Waals surface area (Å²) in [6.45, 7) is 11.6. The topological polar surface area (TPSA) is 17.1 Å². The second-order valence-electron chi connectivity index (χ2n) is 4.33. The molecule has 0 aliphatic heterocycles. The predicted molar refractivity (Wildman–Crippen MR) is 55.5 cm³/mol. The molecule has 1 heteroatoms. The summed E-state index contributed by atoms with van der Waals surface area (Å²) < 4.78 is 0. The van der Waals surface area contributed by atoms with Crippen LogP contribution in [0.5, 0.6) is 0 Å². The Labute approximate surface area is 80.5 Å². The summed E-state index contributed by atoms with van der Waals surface area (Å²) in [5, 5.41) is 0. The highest BCUT2D eigenvalue weighted by molar-refractivity contribution is 5.87. The fraction of sp³-hybridized carbons (Fsp3) is 0.583. The van der Waals surface area contributed by atoms with E-state index in [4.69, 9.17) is 0 Å². The van der Waals surface area contributed by atoms with Crippen LogP contribution >= 0.6 is 0 Å². The highest BCUT2D eigenvalue weighted by Crippen LogP contribution is 2.38. The van der Waals surface area contributed by atoms with Crippen LogP contribution < -0.4 is 0 Å². The summed E-state index contributed by atoms with van der Waals surface area (Å²) in [4.78, 5) is 11.7. The van der Waals surface area contributed by atoms with Crippen LogP contribution in [0.25, 0.3) is 0 Å². The minimum Gasteiger partial charge on any atom is -0.299 e. The van der Waals surface area contributed by atoms with E-state index in [2.05, 4.69) is 13.2 Å². The van der Waals surface area contributed by atoms with Gasteiger partial charge in [0.25, 0.3) is 0 Å². The molecule has 72 valence electrons. The van der Waals surface area contributed by atoms with Crippen molar-refractivity contribution in [3.05, 3.63) is 24.8 Å². The molecule has 0 aromatic rings. The molecule has 1 aliphatic rings. The van der Waals surface area contributed by atoms with Crippen molar-refractivity contribution < 1.29 is 4.79 Å². The van der Waals surface area contributed by atoms with E-state index in [1.54, 1.807) is 6.08 Å². The van der Waals surface area contributed by atoms with Gasteiger partial charge < -0.3 is 0 Å². The zero-order chi connectivity index (χ0) is 10.1. The quantitative estimate of drug-likeness (QED) is 0.594. The molecule has 13 heavy (non-hydrogen) atoms. The van der Waals surface area contributed by atoms with E-state index in [9.17, 15) is 4.79 Å². The van der Waals surface area contributed by atoms with Crippen molar-refractivity contribution in [3.63, 3.8) is 0 Å². The Balaban J connectivity index is 2.72. The van der Waals surface area contributed by atoms with Crippen LogP contribution in [0, 0.1) is 11.3 Å². The third kappa shape index (κ3) is 1.90. The molecule has 2 atom stereocenters. The Morgan fingerprint density at radius 3 is 2.69 bits per heavy atom. The monoisotopic (exact) mass is 178 g/mol. The number of hydrogen-bond acceptors (Lipinski definition) is 1. The molecule has 0 amide bonds. The van der Waals surface area contributed by atoms with Crippen molar-refractivity contribution in [2.24, 2.45) is 11.3 Å². The van der Waals surface area contributed by atoms with Gasteiger partial charge in [0.15, 0.2) is 0 Å². The van der Waals surface area contributed by atoms with Crippen LogP contribution in [-0.2, 0) is 4.79 Å². The molecule has 0 saturated heterocycles. The fourth-order valence-corrected chi connectivity index (χ4v) is 1.81. The lowest BCUT2D eigenvalue weighted by molar-refractivity contribution is -0.128. The first kappa shape index (κ1) is 10.2. The van der Waals surface area contributed by atoms with E-state index in [1.165, 1.54) is 0 Å². The highest BCUT2D eigenvalue weighted by Gasteiger charge is 2.36. The zero-order valence-electron chi connectivity index (χ0n) is 8.60. The molecule has 1 rings (SSSR count). The van der Waals surface area contributed by atoms with Crippen molar-refractivity contribution >= 4 is 5.78 Å². The first-order valence-corrected chi connectivity index (χ1v) is 4.82. The number of Topliss-reactive ketones (excluding diaryl/α,β-unsaturated/α-hetero) is 1.